The van der Waals surface area contributed by atoms with Gasteiger partial charge in [0.25, 0.3) is 0 Å². The van der Waals surface area contributed by atoms with Crippen LogP contribution in [0, 0.1) is 5.92 Å². The van der Waals surface area contributed by atoms with Crippen LogP contribution in [-0.2, 0) is 4.79 Å². The van der Waals surface area contributed by atoms with E-state index in [4.69, 9.17) is 5.73 Å². The van der Waals surface area contributed by atoms with Gasteiger partial charge in [0.05, 0.1) is 5.92 Å². The molecule has 0 aromatic heterocycles. The van der Waals surface area contributed by atoms with Crippen molar-refractivity contribution in [3.05, 3.63) is 0 Å². The molecular weight excluding hydrogens is 309 g/mol. The van der Waals surface area contributed by atoms with E-state index < -0.39 is 0 Å². The van der Waals surface area contributed by atoms with E-state index in [0.717, 1.165) is 45.1 Å². The first-order valence-electron chi connectivity index (χ1n) is 7.69. The van der Waals surface area contributed by atoms with Crippen molar-refractivity contribution < 1.29 is 4.79 Å². The van der Waals surface area contributed by atoms with Gasteiger partial charge in [0.1, 0.15) is 0 Å². The minimum Gasteiger partial charge on any atom is -0.353 e. The first-order chi connectivity index (χ1) is 8.90. The molecule has 0 aromatic carbocycles. The maximum Gasteiger partial charge on any atom is 0.225 e. The van der Waals surface area contributed by atoms with Gasteiger partial charge in [-0.05, 0) is 46.6 Å². The molecule has 0 aromatic rings. The molecule has 2 rings (SSSR count). The second-order valence-electron chi connectivity index (χ2n) is 6.86. The molecule has 126 valence electrons. The van der Waals surface area contributed by atoms with Gasteiger partial charge >= 0.3 is 0 Å². The predicted molar refractivity (Wildman–Crippen MR) is 92.3 cm³/mol. The lowest BCUT2D eigenvalue weighted by atomic mass is 9.74. The van der Waals surface area contributed by atoms with Crippen LogP contribution in [0.25, 0.3) is 0 Å². The number of nitrogens with zero attached hydrogens (tertiary/aromatic N) is 1. The zero-order chi connectivity index (χ0) is 14.0. The van der Waals surface area contributed by atoms with Crippen LogP contribution in [-0.4, -0.2) is 42.0 Å². The number of carbonyl (C=O) groups is 1. The third-order valence-corrected chi connectivity index (χ3v) is 5.13. The van der Waals surface area contributed by atoms with Crippen molar-refractivity contribution in [1.82, 2.24) is 10.2 Å². The molecule has 3 N–H and O–H groups in total. The van der Waals surface area contributed by atoms with Crippen LogP contribution in [0.5, 0.6) is 0 Å². The van der Waals surface area contributed by atoms with Gasteiger partial charge in [-0.3, -0.25) is 4.79 Å². The van der Waals surface area contributed by atoms with Gasteiger partial charge in [0.2, 0.25) is 5.91 Å². The van der Waals surface area contributed by atoms with E-state index >= 15 is 0 Å². The average molecular weight is 340 g/mol. The number of halogens is 2. The van der Waals surface area contributed by atoms with Gasteiger partial charge in [0.15, 0.2) is 0 Å². The van der Waals surface area contributed by atoms with E-state index in [9.17, 15) is 4.79 Å². The largest absolute Gasteiger partial charge is 0.353 e. The first-order valence-corrected chi connectivity index (χ1v) is 7.69. The molecule has 2 aliphatic rings. The van der Waals surface area contributed by atoms with Crippen molar-refractivity contribution in [3.8, 4) is 0 Å². The third kappa shape index (κ3) is 5.27. The lowest BCUT2D eigenvalue weighted by Crippen LogP contribution is -2.56. The van der Waals surface area contributed by atoms with Gasteiger partial charge in [-0.1, -0.05) is 12.8 Å². The van der Waals surface area contributed by atoms with Crippen LogP contribution in [0.3, 0.4) is 0 Å². The molecule has 1 saturated heterocycles. The quantitative estimate of drug-likeness (QED) is 0.811. The number of hydrogen-bond acceptors (Lipinski definition) is 3. The molecule has 4 unspecified atom stereocenters. The summed E-state index contributed by atoms with van der Waals surface area (Å²) in [4.78, 5) is 14.8. The van der Waals surface area contributed by atoms with Gasteiger partial charge in [0, 0.05) is 24.2 Å². The zero-order valence-corrected chi connectivity index (χ0v) is 15.1. The summed E-state index contributed by atoms with van der Waals surface area (Å²) >= 11 is 0. The second-order valence-corrected chi connectivity index (χ2v) is 6.86. The number of carbonyl (C=O) groups excluding carboxylic acids is 1. The molecule has 1 amide bonds. The highest BCUT2D eigenvalue weighted by Crippen LogP contribution is 2.32. The Morgan fingerprint density at radius 3 is 2.52 bits per heavy atom. The maximum absolute atomic E-state index is 12.5. The fraction of sp³-hybridized carbons (Fsp3) is 0.933. The Labute approximate surface area is 141 Å². The number of nitrogens with two attached hydrogens (primary N) is 1. The summed E-state index contributed by atoms with van der Waals surface area (Å²) in [6.45, 7) is 5.33. The molecule has 4 atom stereocenters. The van der Waals surface area contributed by atoms with Crippen LogP contribution in [0.1, 0.15) is 52.4 Å². The molecule has 6 heteroatoms. The third-order valence-electron chi connectivity index (χ3n) is 5.13. The molecule has 21 heavy (non-hydrogen) atoms. The molecule has 1 aliphatic heterocycles. The smallest absolute Gasteiger partial charge is 0.225 e. The van der Waals surface area contributed by atoms with Crippen LogP contribution in [0.2, 0.25) is 0 Å². The van der Waals surface area contributed by atoms with Crippen molar-refractivity contribution in [2.24, 2.45) is 11.7 Å². The topological polar surface area (TPSA) is 58.4 Å². The van der Waals surface area contributed by atoms with Crippen molar-refractivity contribution in [1.29, 1.82) is 0 Å². The van der Waals surface area contributed by atoms with E-state index in [1.54, 1.807) is 0 Å². The number of amides is 1. The van der Waals surface area contributed by atoms with E-state index in [0.29, 0.717) is 12.1 Å². The van der Waals surface area contributed by atoms with Crippen LogP contribution in [0.4, 0.5) is 0 Å². The normalized spacial score (nSPS) is 37.0. The zero-order valence-electron chi connectivity index (χ0n) is 13.4. The molecule has 2 fully saturated rings. The number of likely N-dealkylation sites (tertiary alicyclic amines) is 1. The van der Waals surface area contributed by atoms with Crippen LogP contribution >= 0.6 is 24.8 Å². The molecule has 1 saturated carbocycles. The van der Waals surface area contributed by atoms with Crippen molar-refractivity contribution in [3.63, 3.8) is 0 Å². The standard InChI is InChI=1S/C15H29N3O.2ClH/c1-11-10-12(7-9-18(11)3)17-14(19)13-6-4-5-8-15(13,2)16;;/h11-13H,4-10,16H2,1-3H3,(H,17,19);2*1H. The Balaban J connectivity index is 0.00000200. The molecule has 4 nitrogen and oxygen atoms in total. The molecule has 1 aliphatic carbocycles. The molecule has 1 heterocycles. The van der Waals surface area contributed by atoms with Crippen LogP contribution < -0.4 is 11.1 Å². The monoisotopic (exact) mass is 339 g/mol. The fourth-order valence-electron chi connectivity index (χ4n) is 3.51. The number of hydrogen-bond donors (Lipinski definition) is 2. The predicted octanol–water partition coefficient (Wildman–Crippen LogP) is 2.34. The number of piperidine rings is 1. The summed E-state index contributed by atoms with van der Waals surface area (Å²) in [5, 5.41) is 3.25. The summed E-state index contributed by atoms with van der Waals surface area (Å²) in [6, 6.07) is 0.881. The Kier molecular flexibility index (Phi) is 8.55. The number of nitrogens with one attached hydrogen (secondary N) is 1. The van der Waals surface area contributed by atoms with E-state index in [2.05, 4.69) is 24.2 Å². The van der Waals surface area contributed by atoms with E-state index in [1.165, 1.54) is 0 Å². The molecular formula is C15H31Cl2N3O. The number of rotatable bonds is 2. The second kappa shape index (κ2) is 8.56. The summed E-state index contributed by atoms with van der Waals surface area (Å²) < 4.78 is 0. The van der Waals surface area contributed by atoms with E-state index in [-0.39, 0.29) is 42.2 Å². The van der Waals surface area contributed by atoms with Crippen molar-refractivity contribution >= 4 is 30.7 Å². The Bertz CT molecular complexity index is 339. The fourth-order valence-corrected chi connectivity index (χ4v) is 3.51. The molecule has 0 spiro atoms. The first kappa shape index (κ1) is 21.0. The minimum atomic E-state index is -0.320. The summed E-state index contributed by atoms with van der Waals surface area (Å²) in [7, 11) is 2.15. The van der Waals surface area contributed by atoms with Gasteiger partial charge in [-0.2, -0.15) is 0 Å². The minimum absolute atomic E-state index is 0. The van der Waals surface area contributed by atoms with Gasteiger partial charge < -0.3 is 16.0 Å². The Morgan fingerprint density at radius 2 is 1.95 bits per heavy atom. The lowest BCUT2D eigenvalue weighted by Gasteiger charge is -2.40. The van der Waals surface area contributed by atoms with Crippen LogP contribution in [0.15, 0.2) is 0 Å². The highest BCUT2D eigenvalue weighted by molar-refractivity contribution is 5.85. The van der Waals surface area contributed by atoms with Gasteiger partial charge in [-0.25, -0.2) is 0 Å². The Morgan fingerprint density at radius 1 is 1.29 bits per heavy atom. The maximum atomic E-state index is 12.5. The summed E-state index contributed by atoms with van der Waals surface area (Å²) in [5.41, 5.74) is 5.99. The van der Waals surface area contributed by atoms with E-state index in [1.807, 2.05) is 6.92 Å². The molecule has 0 radical (unpaired) electrons. The highest BCUT2D eigenvalue weighted by Gasteiger charge is 2.38. The Hall–Kier alpha value is -0.0300. The van der Waals surface area contributed by atoms with Crippen molar-refractivity contribution in [2.45, 2.75) is 70.0 Å². The SMILES string of the molecule is CC1CC(NC(=O)C2CCCCC2(C)N)CCN1C.Cl.Cl. The summed E-state index contributed by atoms with van der Waals surface area (Å²) in [6.07, 6.45) is 6.31. The van der Waals surface area contributed by atoms with Gasteiger partial charge in [-0.15, -0.1) is 24.8 Å². The highest BCUT2D eigenvalue weighted by atomic mass is 35.5. The molecule has 0 bridgehead atoms. The van der Waals surface area contributed by atoms with Crippen molar-refractivity contribution in [2.75, 3.05) is 13.6 Å². The summed E-state index contributed by atoms with van der Waals surface area (Å²) in [5.74, 6) is 0.183. The lowest BCUT2D eigenvalue weighted by molar-refractivity contribution is -0.129. The average Bonchev–Trinajstić information content (AvgIpc) is 2.33.